The molecule has 0 unspecified atom stereocenters. The van der Waals surface area contributed by atoms with Gasteiger partial charge in [0.25, 0.3) is 10.1 Å². The van der Waals surface area contributed by atoms with Crippen LogP contribution in [0.1, 0.15) is 45.4 Å². The van der Waals surface area contributed by atoms with Gasteiger partial charge >= 0.3 is 5.97 Å². The number of carbonyl (C=O) groups excluding carboxylic acids is 1. The van der Waals surface area contributed by atoms with Crippen molar-refractivity contribution in [3.8, 4) is 0 Å². The zero-order chi connectivity index (χ0) is 12.4. The summed E-state index contributed by atoms with van der Waals surface area (Å²) in [5.41, 5.74) is 0. The second-order valence-electron chi connectivity index (χ2n) is 3.67. The molecule has 0 bridgehead atoms. The predicted molar refractivity (Wildman–Crippen MR) is 66.5 cm³/mol. The van der Waals surface area contributed by atoms with E-state index in [1.54, 1.807) is 0 Å². The number of hydrogen-bond acceptors (Lipinski definition) is 4. The largest absolute Gasteiger partial charge is 0.464 e. The van der Waals surface area contributed by atoms with E-state index in [9.17, 15) is 13.2 Å². The maximum Gasteiger partial charge on any atom is 0.305 e. The summed E-state index contributed by atoms with van der Waals surface area (Å²) in [6, 6.07) is 0. The first-order chi connectivity index (χ1) is 7.45. The average molecular weight is 275 g/mol. The summed E-state index contributed by atoms with van der Waals surface area (Å²) in [7, 11) is -4.03. The van der Waals surface area contributed by atoms with Crippen molar-refractivity contribution in [2.75, 3.05) is 12.4 Å². The zero-order valence-electron chi connectivity index (χ0n) is 10.6. The standard InChI is InChI=1S/C10H20O5S.Na/c1-2-3-4-5-6-7-10(11)15-8-9-16(12,13)14;/h2-9H2,1H3,(H,12,13,14);. The number of carbonyl (C=O) groups is 1. The van der Waals surface area contributed by atoms with E-state index >= 15 is 0 Å². The molecule has 0 saturated heterocycles. The van der Waals surface area contributed by atoms with Gasteiger partial charge in [-0.05, 0) is 6.42 Å². The Morgan fingerprint density at radius 1 is 1.18 bits per heavy atom. The SMILES string of the molecule is CCCCCCCC(=O)OCCS(=O)(=O)O.[Na]. The van der Waals surface area contributed by atoms with Gasteiger partial charge in [0.15, 0.2) is 0 Å². The van der Waals surface area contributed by atoms with Gasteiger partial charge in [0, 0.05) is 36.0 Å². The van der Waals surface area contributed by atoms with E-state index in [4.69, 9.17) is 4.55 Å². The molecule has 0 fully saturated rings. The molecule has 0 aliphatic carbocycles. The van der Waals surface area contributed by atoms with Gasteiger partial charge in [0.2, 0.25) is 0 Å². The van der Waals surface area contributed by atoms with E-state index in [2.05, 4.69) is 11.7 Å². The fraction of sp³-hybridized carbons (Fsp3) is 0.900. The van der Waals surface area contributed by atoms with Gasteiger partial charge in [0.05, 0.1) is 0 Å². The smallest absolute Gasteiger partial charge is 0.305 e. The van der Waals surface area contributed by atoms with Gasteiger partial charge in [-0.2, -0.15) is 8.42 Å². The summed E-state index contributed by atoms with van der Waals surface area (Å²) in [4.78, 5) is 11.1. The topological polar surface area (TPSA) is 80.7 Å². The fourth-order valence-corrected chi connectivity index (χ4v) is 1.50. The van der Waals surface area contributed by atoms with Crippen molar-refractivity contribution in [1.29, 1.82) is 0 Å². The van der Waals surface area contributed by atoms with E-state index in [1.807, 2.05) is 0 Å². The Morgan fingerprint density at radius 2 is 1.76 bits per heavy atom. The molecule has 0 aromatic rings. The molecule has 0 amide bonds. The first-order valence-electron chi connectivity index (χ1n) is 5.56. The molecule has 0 aliphatic rings. The van der Waals surface area contributed by atoms with Crippen molar-refractivity contribution in [2.24, 2.45) is 0 Å². The van der Waals surface area contributed by atoms with Crippen LogP contribution in [0.2, 0.25) is 0 Å². The van der Waals surface area contributed by atoms with Crippen molar-refractivity contribution < 1.29 is 22.5 Å². The Morgan fingerprint density at radius 3 is 2.29 bits per heavy atom. The molecule has 97 valence electrons. The maximum atomic E-state index is 11.1. The Balaban J connectivity index is 0. The first-order valence-corrected chi connectivity index (χ1v) is 7.17. The van der Waals surface area contributed by atoms with Crippen LogP contribution in [0, 0.1) is 0 Å². The molecule has 0 spiro atoms. The Labute approximate surface area is 125 Å². The van der Waals surface area contributed by atoms with Crippen molar-refractivity contribution in [3.63, 3.8) is 0 Å². The van der Waals surface area contributed by atoms with Crippen LogP contribution in [0.5, 0.6) is 0 Å². The second-order valence-corrected chi connectivity index (χ2v) is 5.24. The third-order valence-corrected chi connectivity index (χ3v) is 2.77. The molecule has 0 rings (SSSR count). The molecule has 1 N–H and O–H groups in total. The predicted octanol–water partition coefficient (Wildman–Crippen LogP) is 1.40. The van der Waals surface area contributed by atoms with Crippen molar-refractivity contribution in [2.45, 2.75) is 45.4 Å². The van der Waals surface area contributed by atoms with Crippen LogP contribution in [-0.2, 0) is 19.6 Å². The minimum Gasteiger partial charge on any atom is -0.464 e. The minimum atomic E-state index is -4.03. The van der Waals surface area contributed by atoms with Crippen molar-refractivity contribution in [1.82, 2.24) is 0 Å². The second kappa shape index (κ2) is 11.5. The van der Waals surface area contributed by atoms with Gasteiger partial charge < -0.3 is 4.74 Å². The Bertz CT molecular complexity index is 289. The molecule has 17 heavy (non-hydrogen) atoms. The molecule has 1 radical (unpaired) electrons. The van der Waals surface area contributed by atoms with Gasteiger partial charge in [0.1, 0.15) is 12.4 Å². The summed E-state index contributed by atoms with van der Waals surface area (Å²) < 4.78 is 33.6. The summed E-state index contributed by atoms with van der Waals surface area (Å²) >= 11 is 0. The van der Waals surface area contributed by atoms with Crippen LogP contribution in [-0.4, -0.2) is 60.9 Å². The maximum absolute atomic E-state index is 11.1. The number of rotatable bonds is 9. The van der Waals surface area contributed by atoms with E-state index in [0.717, 1.165) is 32.1 Å². The summed E-state index contributed by atoms with van der Waals surface area (Å²) in [6.45, 7) is 1.84. The van der Waals surface area contributed by atoms with Crippen LogP contribution < -0.4 is 0 Å². The molecular formula is C10H20NaO5S. The minimum absolute atomic E-state index is 0. The number of unbranched alkanes of at least 4 members (excludes halogenated alkanes) is 4. The average Bonchev–Trinajstić information content (AvgIpc) is 2.15. The van der Waals surface area contributed by atoms with Gasteiger partial charge in [-0.1, -0.05) is 32.6 Å². The summed E-state index contributed by atoms with van der Waals surface area (Å²) in [6.07, 6.45) is 5.49. The van der Waals surface area contributed by atoms with Crippen LogP contribution in [0.25, 0.3) is 0 Å². The molecule has 0 atom stereocenters. The fourth-order valence-electron chi connectivity index (χ4n) is 1.21. The number of hydrogen-bond donors (Lipinski definition) is 1. The van der Waals surface area contributed by atoms with E-state index in [-0.39, 0.29) is 36.2 Å². The first kappa shape index (κ1) is 19.7. The third-order valence-electron chi connectivity index (χ3n) is 2.09. The quantitative estimate of drug-likeness (QED) is 0.298. The molecule has 7 heteroatoms. The van der Waals surface area contributed by atoms with Gasteiger partial charge in [-0.25, -0.2) is 0 Å². The molecule has 0 aromatic carbocycles. The molecule has 0 aliphatic heterocycles. The van der Waals surface area contributed by atoms with E-state index in [1.165, 1.54) is 0 Å². The zero-order valence-corrected chi connectivity index (χ0v) is 13.5. The normalized spacial score (nSPS) is 10.7. The molecule has 5 nitrogen and oxygen atoms in total. The third kappa shape index (κ3) is 16.4. The van der Waals surface area contributed by atoms with Crippen molar-refractivity contribution >= 4 is 45.6 Å². The van der Waals surface area contributed by atoms with Crippen LogP contribution in [0.15, 0.2) is 0 Å². The van der Waals surface area contributed by atoms with Gasteiger partial charge in [-0.3, -0.25) is 9.35 Å². The van der Waals surface area contributed by atoms with Crippen LogP contribution in [0.3, 0.4) is 0 Å². The number of esters is 1. The van der Waals surface area contributed by atoms with Crippen LogP contribution >= 0.6 is 0 Å². The summed E-state index contributed by atoms with van der Waals surface area (Å²) in [5, 5.41) is 0. The van der Waals surface area contributed by atoms with Gasteiger partial charge in [-0.15, -0.1) is 0 Å². The van der Waals surface area contributed by atoms with Crippen LogP contribution in [0.4, 0.5) is 0 Å². The number of ether oxygens (including phenoxy) is 1. The summed E-state index contributed by atoms with van der Waals surface area (Å²) in [5.74, 6) is -0.936. The monoisotopic (exact) mass is 275 g/mol. The molecule has 0 heterocycles. The van der Waals surface area contributed by atoms with Crippen molar-refractivity contribution in [3.05, 3.63) is 0 Å². The molecule has 0 saturated carbocycles. The Hall–Kier alpha value is 0.380. The Kier molecular flexibility index (Phi) is 13.3. The molecular weight excluding hydrogens is 255 g/mol. The van der Waals surface area contributed by atoms with E-state index < -0.39 is 21.8 Å². The van der Waals surface area contributed by atoms with E-state index in [0.29, 0.717) is 6.42 Å². The molecule has 0 aromatic heterocycles.